The molecule has 0 unspecified atom stereocenters. The minimum absolute atomic E-state index is 0.0531. The van der Waals surface area contributed by atoms with Crippen molar-refractivity contribution in [1.29, 1.82) is 0 Å². The molecular formula is C22H19Cl2N3O2S. The van der Waals surface area contributed by atoms with Gasteiger partial charge in [0.1, 0.15) is 0 Å². The van der Waals surface area contributed by atoms with Gasteiger partial charge in [0.25, 0.3) is 5.91 Å². The third-order valence-electron chi connectivity index (χ3n) is 4.85. The average Bonchev–Trinajstić information content (AvgIpc) is 3.28. The Morgan fingerprint density at radius 1 is 1.03 bits per heavy atom. The van der Waals surface area contributed by atoms with Crippen molar-refractivity contribution in [3.63, 3.8) is 0 Å². The normalized spacial score (nSPS) is 14.1. The highest BCUT2D eigenvalue weighted by atomic mass is 35.5. The lowest BCUT2D eigenvalue weighted by Gasteiger charge is -2.35. The summed E-state index contributed by atoms with van der Waals surface area (Å²) in [5.74, 6) is -0.139. The Labute approximate surface area is 188 Å². The van der Waals surface area contributed by atoms with E-state index in [1.54, 1.807) is 28.0 Å². The quantitative estimate of drug-likeness (QED) is 0.497. The van der Waals surface area contributed by atoms with Gasteiger partial charge in [-0.15, -0.1) is 11.3 Å². The monoisotopic (exact) mass is 459 g/mol. The van der Waals surface area contributed by atoms with Gasteiger partial charge in [-0.3, -0.25) is 9.69 Å². The number of carbonyl (C=O) groups excluding carboxylic acids is 2. The van der Waals surface area contributed by atoms with Crippen molar-refractivity contribution >= 4 is 57.9 Å². The second-order valence-electron chi connectivity index (χ2n) is 6.94. The lowest BCUT2D eigenvalue weighted by atomic mass is 10.1. The third kappa shape index (κ3) is 4.61. The minimum atomic E-state index is -0.139. The number of thiophene rings is 1. The molecule has 1 N–H and O–H groups in total. The minimum Gasteiger partial charge on any atom is -0.321 e. The predicted octanol–water partition coefficient (Wildman–Crippen LogP) is 6.14. The van der Waals surface area contributed by atoms with Crippen LogP contribution in [0.15, 0.2) is 60.0 Å². The maximum absolute atomic E-state index is 13.0. The fourth-order valence-electron chi connectivity index (χ4n) is 3.35. The number of urea groups is 1. The highest BCUT2D eigenvalue weighted by Gasteiger charge is 2.27. The summed E-state index contributed by atoms with van der Waals surface area (Å²) in [6.07, 6.45) is 0.865. The van der Waals surface area contributed by atoms with Gasteiger partial charge in [-0.2, -0.15) is 0 Å². The van der Waals surface area contributed by atoms with Crippen molar-refractivity contribution in [2.24, 2.45) is 0 Å². The Hall–Kier alpha value is -2.54. The topological polar surface area (TPSA) is 52.7 Å². The standard InChI is InChI=1S/C22H19Cl2N3O2S/c23-18-9-4-15(13-19(18)24)14-26-10-2-11-27(22(26)29)17-7-5-16(6-8-17)25-21(28)20-3-1-12-30-20/h1,3-9,12-13H,2,10-11,14H2,(H,25,28). The number of benzene rings is 2. The molecule has 2 aromatic carbocycles. The van der Waals surface area contributed by atoms with Gasteiger partial charge < -0.3 is 10.2 Å². The number of rotatable bonds is 5. The fourth-order valence-corrected chi connectivity index (χ4v) is 4.29. The molecule has 0 aliphatic carbocycles. The first-order valence-electron chi connectivity index (χ1n) is 9.46. The molecule has 8 heteroatoms. The van der Waals surface area contributed by atoms with Gasteiger partial charge in [-0.25, -0.2) is 4.79 Å². The van der Waals surface area contributed by atoms with E-state index in [-0.39, 0.29) is 11.9 Å². The fraction of sp³-hybridized carbons (Fsp3) is 0.182. The molecule has 1 aliphatic rings. The van der Waals surface area contributed by atoms with Crippen molar-refractivity contribution in [1.82, 2.24) is 4.90 Å². The van der Waals surface area contributed by atoms with Crippen LogP contribution in [0.1, 0.15) is 21.7 Å². The molecule has 3 aromatic rings. The van der Waals surface area contributed by atoms with Crippen LogP contribution in [0, 0.1) is 0 Å². The van der Waals surface area contributed by atoms with Crippen LogP contribution in [0.2, 0.25) is 10.0 Å². The van der Waals surface area contributed by atoms with Crippen LogP contribution in [0.3, 0.4) is 0 Å². The van der Waals surface area contributed by atoms with E-state index in [9.17, 15) is 9.59 Å². The predicted molar refractivity (Wildman–Crippen MR) is 123 cm³/mol. The number of hydrogen-bond donors (Lipinski definition) is 1. The van der Waals surface area contributed by atoms with Gasteiger partial charge in [0.15, 0.2) is 0 Å². The van der Waals surface area contributed by atoms with E-state index in [4.69, 9.17) is 23.2 Å². The summed E-state index contributed by atoms with van der Waals surface area (Å²) in [6, 6.07) is 16.3. The average molecular weight is 460 g/mol. The summed E-state index contributed by atoms with van der Waals surface area (Å²) in [5.41, 5.74) is 2.42. The Balaban J connectivity index is 1.43. The van der Waals surface area contributed by atoms with Gasteiger partial charge in [0.05, 0.1) is 14.9 Å². The summed E-state index contributed by atoms with van der Waals surface area (Å²) in [7, 11) is 0. The van der Waals surface area contributed by atoms with Crippen LogP contribution >= 0.6 is 34.5 Å². The number of nitrogens with zero attached hydrogens (tertiary/aromatic N) is 2. The van der Waals surface area contributed by atoms with Gasteiger partial charge in [0, 0.05) is 31.0 Å². The zero-order valence-electron chi connectivity index (χ0n) is 16.0. The third-order valence-corrected chi connectivity index (χ3v) is 6.46. The number of nitrogens with one attached hydrogen (secondary N) is 1. The van der Waals surface area contributed by atoms with E-state index in [1.165, 1.54) is 11.3 Å². The first-order valence-corrected chi connectivity index (χ1v) is 11.1. The molecule has 0 spiro atoms. The Morgan fingerprint density at radius 3 is 2.53 bits per heavy atom. The molecule has 2 heterocycles. The Bertz CT molecular complexity index is 1050. The van der Waals surface area contributed by atoms with Crippen LogP contribution in [0.25, 0.3) is 0 Å². The molecule has 4 rings (SSSR count). The molecule has 1 fully saturated rings. The van der Waals surface area contributed by atoms with Crippen molar-refractivity contribution in [2.45, 2.75) is 13.0 Å². The Morgan fingerprint density at radius 2 is 1.83 bits per heavy atom. The largest absolute Gasteiger partial charge is 0.324 e. The van der Waals surface area contributed by atoms with Crippen LogP contribution in [-0.4, -0.2) is 29.9 Å². The molecule has 0 atom stereocenters. The highest BCUT2D eigenvalue weighted by molar-refractivity contribution is 7.12. The molecule has 5 nitrogen and oxygen atoms in total. The lowest BCUT2D eigenvalue weighted by Crippen LogP contribution is -2.49. The van der Waals surface area contributed by atoms with Crippen LogP contribution < -0.4 is 10.2 Å². The highest BCUT2D eigenvalue weighted by Crippen LogP contribution is 2.26. The first-order chi connectivity index (χ1) is 14.5. The molecule has 1 aliphatic heterocycles. The zero-order chi connectivity index (χ0) is 21.1. The number of amides is 3. The smallest absolute Gasteiger partial charge is 0.321 e. The van der Waals surface area contributed by atoms with E-state index in [0.717, 1.165) is 17.7 Å². The first kappa shape index (κ1) is 20.7. The second kappa shape index (κ2) is 9.08. The van der Waals surface area contributed by atoms with Crippen LogP contribution in [0.5, 0.6) is 0 Å². The van der Waals surface area contributed by atoms with E-state index in [0.29, 0.717) is 40.2 Å². The number of carbonyl (C=O) groups is 2. The molecule has 154 valence electrons. The Kier molecular flexibility index (Phi) is 6.27. The van der Waals surface area contributed by atoms with E-state index in [1.807, 2.05) is 41.8 Å². The molecule has 0 bridgehead atoms. The number of hydrogen-bond acceptors (Lipinski definition) is 3. The summed E-state index contributed by atoms with van der Waals surface area (Å²) in [4.78, 5) is 29.4. The SMILES string of the molecule is O=C(Nc1ccc(N2CCCN(Cc3ccc(Cl)c(Cl)c3)C2=O)cc1)c1cccs1. The summed E-state index contributed by atoms with van der Waals surface area (Å²) < 4.78 is 0. The van der Waals surface area contributed by atoms with Gasteiger partial charge in [0.2, 0.25) is 0 Å². The molecular weight excluding hydrogens is 441 g/mol. The van der Waals surface area contributed by atoms with Crippen molar-refractivity contribution in [3.8, 4) is 0 Å². The van der Waals surface area contributed by atoms with Crippen molar-refractivity contribution in [3.05, 3.63) is 80.5 Å². The van der Waals surface area contributed by atoms with Crippen LogP contribution in [-0.2, 0) is 6.54 Å². The maximum Gasteiger partial charge on any atom is 0.324 e. The maximum atomic E-state index is 13.0. The zero-order valence-corrected chi connectivity index (χ0v) is 18.3. The molecule has 0 saturated carbocycles. The second-order valence-corrected chi connectivity index (χ2v) is 8.70. The summed E-state index contributed by atoms with van der Waals surface area (Å²) in [5, 5.41) is 5.72. The summed E-state index contributed by atoms with van der Waals surface area (Å²) in [6.45, 7) is 1.81. The number of anilines is 2. The van der Waals surface area contributed by atoms with E-state index >= 15 is 0 Å². The van der Waals surface area contributed by atoms with Crippen molar-refractivity contribution < 1.29 is 9.59 Å². The van der Waals surface area contributed by atoms with Gasteiger partial charge >= 0.3 is 6.03 Å². The van der Waals surface area contributed by atoms with E-state index in [2.05, 4.69) is 5.32 Å². The van der Waals surface area contributed by atoms with Gasteiger partial charge in [-0.05, 0) is 59.8 Å². The molecule has 1 aromatic heterocycles. The molecule has 1 saturated heterocycles. The molecule has 30 heavy (non-hydrogen) atoms. The van der Waals surface area contributed by atoms with Crippen LogP contribution in [0.4, 0.5) is 16.2 Å². The van der Waals surface area contributed by atoms with Gasteiger partial charge in [-0.1, -0.05) is 35.3 Å². The number of halogens is 2. The van der Waals surface area contributed by atoms with E-state index < -0.39 is 0 Å². The summed E-state index contributed by atoms with van der Waals surface area (Å²) >= 11 is 13.5. The molecule has 3 amide bonds. The lowest BCUT2D eigenvalue weighted by molar-refractivity contribution is 0.103. The van der Waals surface area contributed by atoms with Crippen molar-refractivity contribution in [2.75, 3.05) is 23.3 Å². The molecule has 0 radical (unpaired) electrons.